The molecule has 0 saturated carbocycles. The van der Waals surface area contributed by atoms with Gasteiger partial charge in [-0.1, -0.05) is 50.0 Å². The second kappa shape index (κ2) is 17.6. The van der Waals surface area contributed by atoms with Gasteiger partial charge in [-0.2, -0.15) is 0 Å². The number of hydrogen-bond donors (Lipinski definition) is 5. The number of nitrogens with one attached hydrogen (secondary N) is 5. The number of amides is 4. The van der Waals surface area contributed by atoms with Gasteiger partial charge in [0, 0.05) is 36.0 Å². The second-order valence-electron chi connectivity index (χ2n) is 13.8. The minimum Gasteiger partial charge on any atom is -0.453 e. The van der Waals surface area contributed by atoms with E-state index in [2.05, 4.69) is 65.7 Å². The molecule has 3 aromatic carbocycles. The lowest BCUT2D eigenvalue weighted by atomic mass is 10.0. The van der Waals surface area contributed by atoms with Gasteiger partial charge in [0.2, 0.25) is 11.8 Å². The van der Waals surface area contributed by atoms with E-state index in [4.69, 9.17) is 9.72 Å². The van der Waals surface area contributed by atoms with E-state index in [0.717, 1.165) is 87.9 Å². The molecule has 1 aliphatic heterocycles. The van der Waals surface area contributed by atoms with E-state index < -0.39 is 18.2 Å². The summed E-state index contributed by atoms with van der Waals surface area (Å²) in [6.45, 7) is 4.78. The monoisotopic (exact) mass is 746 g/mol. The fraction of sp³-hybridized carbons (Fsp3) is 0.366. The summed E-state index contributed by atoms with van der Waals surface area (Å²) in [5, 5.41) is 9.92. The van der Waals surface area contributed by atoms with E-state index in [1.54, 1.807) is 11.1 Å². The molecule has 2 unspecified atom stereocenters. The van der Waals surface area contributed by atoms with Crippen molar-refractivity contribution < 1.29 is 28.7 Å². The number of hydrogen-bond acceptors (Lipinski definition) is 8. The SMILES string of the molecule is COC(=O)NCC(=O)NCCCCc1nc2c(ccc3cc(C#Cc4ccc(-c5cnc(C6CCCN6C(=O)C(NC(=O)OC)C(C)C)[nH]5)cc4)ccc32)[nH]1. The number of aryl methyl sites for hydroxylation is 1. The maximum absolute atomic E-state index is 13.5. The summed E-state index contributed by atoms with van der Waals surface area (Å²) in [4.78, 5) is 66.5. The summed E-state index contributed by atoms with van der Waals surface area (Å²) in [5.41, 5.74) is 5.45. The van der Waals surface area contributed by atoms with Crippen LogP contribution in [0.2, 0.25) is 0 Å². The third kappa shape index (κ3) is 9.42. The predicted octanol–water partition coefficient (Wildman–Crippen LogP) is 5.35. The maximum atomic E-state index is 13.5. The Kier molecular flexibility index (Phi) is 12.3. The van der Waals surface area contributed by atoms with Gasteiger partial charge < -0.3 is 40.3 Å². The molecule has 2 aromatic heterocycles. The van der Waals surface area contributed by atoms with Gasteiger partial charge in [-0.3, -0.25) is 9.59 Å². The number of aromatic amines is 2. The van der Waals surface area contributed by atoms with E-state index in [0.29, 0.717) is 13.1 Å². The topological polar surface area (TPSA) is 183 Å². The first-order chi connectivity index (χ1) is 26.6. The number of nitrogens with zero attached hydrogens (tertiary/aromatic N) is 3. The molecule has 4 amide bonds. The molecule has 3 heterocycles. The predicted molar refractivity (Wildman–Crippen MR) is 208 cm³/mol. The Morgan fingerprint density at radius 2 is 1.69 bits per heavy atom. The number of H-pyrrole nitrogens is 2. The standard InChI is InChI=1S/C41H46N8O6/c1-25(2)36(48-41(53)55-4)39(51)49-21-7-8-33(49)38-43-23-32(46-38)28-15-12-26(13-16-28)10-11-27-14-18-30-29(22-27)17-19-31-37(30)47-34(45-31)9-5-6-20-42-35(50)24-44-40(52)54-3/h12-19,22-23,25,33,36H,5-9,20-21,24H2,1-4H3,(H,42,50)(H,43,46)(H,44,52)(H,45,47)(H,48,53). The molecule has 286 valence electrons. The van der Waals surface area contributed by atoms with Crippen LogP contribution in [0.4, 0.5) is 9.59 Å². The van der Waals surface area contributed by atoms with Crippen LogP contribution < -0.4 is 16.0 Å². The summed E-state index contributed by atoms with van der Waals surface area (Å²) in [6, 6.07) is 17.3. The highest BCUT2D eigenvalue weighted by molar-refractivity contribution is 6.04. The van der Waals surface area contributed by atoms with E-state index in [1.165, 1.54) is 14.2 Å². The Labute approximate surface area is 319 Å². The van der Waals surface area contributed by atoms with Gasteiger partial charge in [-0.25, -0.2) is 19.6 Å². The summed E-state index contributed by atoms with van der Waals surface area (Å²) in [5.74, 6) is 7.67. The molecule has 6 rings (SSSR count). The van der Waals surface area contributed by atoms with Gasteiger partial charge in [0.25, 0.3) is 0 Å². The number of likely N-dealkylation sites (tertiary alicyclic amines) is 1. The number of benzene rings is 3. The van der Waals surface area contributed by atoms with E-state index in [1.807, 2.05) is 50.2 Å². The zero-order valence-electron chi connectivity index (χ0n) is 31.5. The van der Waals surface area contributed by atoms with Gasteiger partial charge in [0.1, 0.15) is 17.7 Å². The summed E-state index contributed by atoms with van der Waals surface area (Å²) >= 11 is 0. The first-order valence-corrected chi connectivity index (χ1v) is 18.5. The molecule has 0 spiro atoms. The number of ether oxygens (including phenoxy) is 2. The zero-order chi connectivity index (χ0) is 38.9. The Hall–Kier alpha value is -6.36. The van der Waals surface area contributed by atoms with Crippen LogP contribution in [0.5, 0.6) is 0 Å². The molecule has 55 heavy (non-hydrogen) atoms. The maximum Gasteiger partial charge on any atom is 0.407 e. The molecule has 0 radical (unpaired) electrons. The van der Waals surface area contributed by atoms with Crippen molar-refractivity contribution in [1.29, 1.82) is 0 Å². The summed E-state index contributed by atoms with van der Waals surface area (Å²) < 4.78 is 9.21. The number of imidazole rings is 2. The van der Waals surface area contributed by atoms with Crippen LogP contribution in [0, 0.1) is 17.8 Å². The molecular formula is C41H46N8O6. The Morgan fingerprint density at radius 3 is 2.45 bits per heavy atom. The zero-order valence-corrected chi connectivity index (χ0v) is 31.5. The Bertz CT molecular complexity index is 2230. The van der Waals surface area contributed by atoms with Gasteiger partial charge in [-0.15, -0.1) is 0 Å². The van der Waals surface area contributed by atoms with Gasteiger partial charge in [-0.05, 0) is 72.9 Å². The van der Waals surface area contributed by atoms with E-state index >= 15 is 0 Å². The van der Waals surface area contributed by atoms with Crippen molar-refractivity contribution in [2.75, 3.05) is 33.9 Å². The molecular weight excluding hydrogens is 701 g/mol. The lowest BCUT2D eigenvalue weighted by Crippen LogP contribution is -2.51. The van der Waals surface area contributed by atoms with Crippen molar-refractivity contribution in [3.8, 4) is 23.1 Å². The van der Waals surface area contributed by atoms with Gasteiger partial charge in [0.05, 0.1) is 49.7 Å². The van der Waals surface area contributed by atoms with Crippen molar-refractivity contribution in [2.24, 2.45) is 5.92 Å². The van der Waals surface area contributed by atoms with Crippen LogP contribution in [-0.2, 0) is 25.5 Å². The fourth-order valence-corrected chi connectivity index (χ4v) is 6.70. The molecule has 14 heteroatoms. The van der Waals surface area contributed by atoms with Crippen molar-refractivity contribution in [3.05, 3.63) is 83.6 Å². The molecule has 5 aromatic rings. The third-order valence-electron chi connectivity index (χ3n) is 9.64. The molecule has 1 aliphatic rings. The van der Waals surface area contributed by atoms with E-state index in [-0.39, 0.29) is 30.3 Å². The lowest BCUT2D eigenvalue weighted by molar-refractivity contribution is -0.135. The lowest BCUT2D eigenvalue weighted by Gasteiger charge is -2.30. The van der Waals surface area contributed by atoms with Crippen molar-refractivity contribution in [1.82, 2.24) is 40.8 Å². The number of alkyl carbamates (subject to hydrolysis) is 2. The minimum absolute atomic E-state index is 0.103. The average molecular weight is 747 g/mol. The first kappa shape index (κ1) is 38.4. The third-order valence-corrected chi connectivity index (χ3v) is 9.64. The molecule has 0 bridgehead atoms. The number of fused-ring (bicyclic) bond motifs is 3. The minimum atomic E-state index is -0.686. The first-order valence-electron chi connectivity index (χ1n) is 18.5. The molecule has 0 aliphatic carbocycles. The van der Waals surface area contributed by atoms with Crippen LogP contribution in [0.3, 0.4) is 0 Å². The number of unbranched alkanes of at least 4 members (excludes halogenated alkanes) is 1. The molecule has 5 N–H and O–H groups in total. The highest BCUT2D eigenvalue weighted by atomic mass is 16.5. The summed E-state index contributed by atoms with van der Waals surface area (Å²) in [6.07, 6.45) is 4.51. The smallest absolute Gasteiger partial charge is 0.407 e. The number of carbonyl (C=O) groups excluding carboxylic acids is 4. The van der Waals surface area contributed by atoms with Crippen molar-refractivity contribution in [3.63, 3.8) is 0 Å². The number of carbonyl (C=O) groups is 4. The van der Waals surface area contributed by atoms with Crippen LogP contribution in [-0.4, -0.2) is 88.7 Å². The van der Waals surface area contributed by atoms with Crippen molar-refractivity contribution >= 4 is 45.8 Å². The number of methoxy groups -OCH3 is 2. The Morgan fingerprint density at radius 1 is 0.927 bits per heavy atom. The number of rotatable bonds is 12. The molecule has 2 atom stereocenters. The van der Waals surface area contributed by atoms with Crippen LogP contribution in [0.15, 0.2) is 60.8 Å². The van der Waals surface area contributed by atoms with Crippen LogP contribution >= 0.6 is 0 Å². The molecule has 14 nitrogen and oxygen atoms in total. The quantitative estimate of drug-likeness (QED) is 0.0837. The van der Waals surface area contributed by atoms with Gasteiger partial charge >= 0.3 is 12.2 Å². The average Bonchev–Trinajstić information content (AvgIpc) is 3.98. The molecule has 1 saturated heterocycles. The second-order valence-corrected chi connectivity index (χ2v) is 13.8. The summed E-state index contributed by atoms with van der Waals surface area (Å²) in [7, 11) is 2.54. The van der Waals surface area contributed by atoms with Crippen molar-refractivity contribution in [2.45, 2.75) is 58.0 Å². The number of aromatic nitrogens is 4. The Balaban J connectivity index is 1.05. The molecule has 1 fully saturated rings. The van der Waals surface area contributed by atoms with Crippen LogP contribution in [0.1, 0.15) is 68.3 Å². The largest absolute Gasteiger partial charge is 0.453 e. The fourth-order valence-electron chi connectivity index (χ4n) is 6.70. The van der Waals surface area contributed by atoms with Gasteiger partial charge in [0.15, 0.2) is 0 Å². The normalized spacial score (nSPS) is 14.3. The highest BCUT2D eigenvalue weighted by Crippen LogP contribution is 2.33. The highest BCUT2D eigenvalue weighted by Gasteiger charge is 2.37. The van der Waals surface area contributed by atoms with Crippen LogP contribution in [0.25, 0.3) is 33.1 Å². The van der Waals surface area contributed by atoms with E-state index in [9.17, 15) is 19.2 Å².